The zero-order valence-corrected chi connectivity index (χ0v) is 9.11. The number of likely N-dealkylation sites (tertiary alicyclic amines) is 1. The Labute approximate surface area is 90.9 Å². The zero-order valence-electron chi connectivity index (χ0n) is 9.11. The minimum absolute atomic E-state index is 0.219. The third kappa shape index (κ3) is 2.38. The highest BCUT2D eigenvalue weighted by molar-refractivity contribution is 5.78. The van der Waals surface area contributed by atoms with Crippen LogP contribution < -0.4 is 5.32 Å². The van der Waals surface area contributed by atoms with Gasteiger partial charge in [0.05, 0.1) is 0 Å². The third-order valence-electron chi connectivity index (χ3n) is 3.20. The van der Waals surface area contributed by atoms with Gasteiger partial charge < -0.3 is 10.2 Å². The third-order valence-corrected chi connectivity index (χ3v) is 3.20. The van der Waals surface area contributed by atoms with E-state index in [0.717, 1.165) is 39.3 Å². The minimum atomic E-state index is 0.219. The summed E-state index contributed by atoms with van der Waals surface area (Å²) >= 11 is 0. The largest absolute Gasteiger partial charge is 0.339 e. The fourth-order valence-corrected chi connectivity index (χ4v) is 2.19. The van der Waals surface area contributed by atoms with Crippen molar-refractivity contribution >= 4 is 5.91 Å². The Morgan fingerprint density at radius 1 is 1.40 bits per heavy atom. The van der Waals surface area contributed by atoms with E-state index < -0.39 is 0 Å². The maximum atomic E-state index is 11.5. The minimum Gasteiger partial charge on any atom is -0.339 e. The quantitative estimate of drug-likeness (QED) is 0.647. The first-order valence-electron chi connectivity index (χ1n) is 5.64. The Morgan fingerprint density at radius 3 is 2.67 bits per heavy atom. The van der Waals surface area contributed by atoms with Crippen molar-refractivity contribution in [2.24, 2.45) is 0 Å². The molecule has 2 aliphatic rings. The monoisotopic (exact) mass is 209 g/mol. The van der Waals surface area contributed by atoms with Crippen LogP contribution in [0.5, 0.6) is 0 Å². The maximum absolute atomic E-state index is 11.5. The van der Waals surface area contributed by atoms with E-state index in [1.165, 1.54) is 0 Å². The van der Waals surface area contributed by atoms with Gasteiger partial charge in [0.1, 0.15) is 0 Å². The van der Waals surface area contributed by atoms with Gasteiger partial charge in [0.2, 0.25) is 5.91 Å². The summed E-state index contributed by atoms with van der Waals surface area (Å²) in [6, 6.07) is 0.598. The van der Waals surface area contributed by atoms with E-state index in [-0.39, 0.29) is 5.91 Å². The van der Waals surface area contributed by atoms with Crippen LogP contribution in [0.2, 0.25) is 0 Å². The lowest BCUT2D eigenvalue weighted by Crippen LogP contribution is -2.63. The fraction of sp³-hybridized carbons (Fsp3) is 0.727. The van der Waals surface area contributed by atoms with Gasteiger partial charge in [0, 0.05) is 51.7 Å². The van der Waals surface area contributed by atoms with E-state index in [4.69, 9.17) is 0 Å². The average molecular weight is 209 g/mol. The highest BCUT2D eigenvalue weighted by atomic mass is 16.2. The van der Waals surface area contributed by atoms with Crippen LogP contribution in [0.3, 0.4) is 0 Å². The van der Waals surface area contributed by atoms with E-state index >= 15 is 0 Å². The van der Waals surface area contributed by atoms with E-state index in [1.807, 2.05) is 4.90 Å². The van der Waals surface area contributed by atoms with E-state index in [1.54, 1.807) is 6.08 Å². The highest BCUT2D eigenvalue weighted by Gasteiger charge is 2.34. The van der Waals surface area contributed by atoms with Crippen molar-refractivity contribution in [3.05, 3.63) is 12.7 Å². The summed E-state index contributed by atoms with van der Waals surface area (Å²) in [5.41, 5.74) is 0. The Kier molecular flexibility index (Phi) is 3.38. The topological polar surface area (TPSA) is 35.6 Å². The normalized spacial score (nSPS) is 23.6. The Hall–Kier alpha value is -0.870. The molecule has 0 aromatic heterocycles. The second-order valence-corrected chi connectivity index (χ2v) is 4.23. The standard InChI is InChI=1S/C11H19N3O/c1-2-3-11(15)14-8-10(9-14)13-6-4-12-5-7-13/h2,10,12H,1,3-9H2. The van der Waals surface area contributed by atoms with Gasteiger partial charge in [-0.2, -0.15) is 0 Å². The molecule has 15 heavy (non-hydrogen) atoms. The molecule has 2 saturated heterocycles. The summed E-state index contributed by atoms with van der Waals surface area (Å²) in [7, 11) is 0. The van der Waals surface area contributed by atoms with E-state index in [2.05, 4.69) is 16.8 Å². The SMILES string of the molecule is C=CCC(=O)N1CC(N2CCNCC2)C1. The predicted octanol–water partition coefficient (Wildman–Crippen LogP) is -0.321. The molecule has 0 aliphatic carbocycles. The zero-order chi connectivity index (χ0) is 10.7. The number of piperazine rings is 1. The summed E-state index contributed by atoms with van der Waals surface area (Å²) in [5.74, 6) is 0.219. The number of rotatable bonds is 3. The van der Waals surface area contributed by atoms with Crippen LogP contribution in [0.1, 0.15) is 6.42 Å². The van der Waals surface area contributed by atoms with Crippen molar-refractivity contribution in [3.8, 4) is 0 Å². The first-order chi connectivity index (χ1) is 7.31. The molecule has 0 unspecified atom stereocenters. The predicted molar refractivity (Wildman–Crippen MR) is 59.6 cm³/mol. The van der Waals surface area contributed by atoms with Gasteiger partial charge in [0.25, 0.3) is 0 Å². The number of carbonyl (C=O) groups is 1. The molecule has 1 amide bonds. The van der Waals surface area contributed by atoms with Gasteiger partial charge in [-0.3, -0.25) is 9.69 Å². The van der Waals surface area contributed by atoms with Crippen LogP contribution in [0.25, 0.3) is 0 Å². The number of nitrogens with one attached hydrogen (secondary N) is 1. The number of nitrogens with zero attached hydrogens (tertiary/aromatic N) is 2. The summed E-state index contributed by atoms with van der Waals surface area (Å²) < 4.78 is 0. The van der Waals surface area contributed by atoms with Gasteiger partial charge in [-0.1, -0.05) is 6.08 Å². The molecule has 0 aromatic carbocycles. The molecule has 84 valence electrons. The molecule has 0 saturated carbocycles. The fourth-order valence-electron chi connectivity index (χ4n) is 2.19. The van der Waals surface area contributed by atoms with Crippen molar-refractivity contribution in [1.29, 1.82) is 0 Å². The summed E-state index contributed by atoms with van der Waals surface area (Å²) in [6.45, 7) is 9.80. The molecule has 0 aromatic rings. The van der Waals surface area contributed by atoms with Crippen LogP contribution in [0.4, 0.5) is 0 Å². The summed E-state index contributed by atoms with van der Waals surface area (Å²) in [6.07, 6.45) is 2.16. The van der Waals surface area contributed by atoms with Crippen LogP contribution in [-0.4, -0.2) is 61.0 Å². The highest BCUT2D eigenvalue weighted by Crippen LogP contribution is 2.16. The Balaban J connectivity index is 1.72. The number of hydrogen-bond donors (Lipinski definition) is 1. The van der Waals surface area contributed by atoms with Gasteiger partial charge in [0.15, 0.2) is 0 Å². The molecule has 1 N–H and O–H groups in total. The molecule has 0 spiro atoms. The smallest absolute Gasteiger partial charge is 0.226 e. The molecule has 2 aliphatic heterocycles. The second-order valence-electron chi connectivity index (χ2n) is 4.23. The lowest BCUT2D eigenvalue weighted by Gasteiger charge is -2.46. The first kappa shape index (κ1) is 10.6. The second kappa shape index (κ2) is 4.77. The summed E-state index contributed by atoms with van der Waals surface area (Å²) in [5, 5.41) is 3.34. The van der Waals surface area contributed by atoms with Crippen molar-refractivity contribution in [2.45, 2.75) is 12.5 Å². The maximum Gasteiger partial charge on any atom is 0.226 e. The van der Waals surface area contributed by atoms with Crippen LogP contribution >= 0.6 is 0 Å². The molecule has 4 nitrogen and oxygen atoms in total. The average Bonchev–Trinajstić information content (AvgIpc) is 2.17. The molecular formula is C11H19N3O. The van der Waals surface area contributed by atoms with Crippen molar-refractivity contribution in [1.82, 2.24) is 15.1 Å². The lowest BCUT2D eigenvalue weighted by atomic mass is 10.1. The molecule has 0 bridgehead atoms. The Bertz CT molecular complexity index is 242. The molecular weight excluding hydrogens is 190 g/mol. The first-order valence-corrected chi connectivity index (χ1v) is 5.64. The van der Waals surface area contributed by atoms with E-state index in [9.17, 15) is 4.79 Å². The van der Waals surface area contributed by atoms with Gasteiger partial charge in [-0.25, -0.2) is 0 Å². The number of amides is 1. The molecule has 0 radical (unpaired) electrons. The van der Waals surface area contributed by atoms with Crippen molar-refractivity contribution < 1.29 is 4.79 Å². The van der Waals surface area contributed by atoms with Gasteiger partial charge >= 0.3 is 0 Å². The van der Waals surface area contributed by atoms with Gasteiger partial charge in [-0.15, -0.1) is 6.58 Å². The van der Waals surface area contributed by atoms with Crippen LogP contribution in [0, 0.1) is 0 Å². The summed E-state index contributed by atoms with van der Waals surface area (Å²) in [4.78, 5) is 15.9. The van der Waals surface area contributed by atoms with Crippen LogP contribution in [0.15, 0.2) is 12.7 Å². The lowest BCUT2D eigenvalue weighted by molar-refractivity contribution is -0.137. The van der Waals surface area contributed by atoms with Crippen molar-refractivity contribution in [2.75, 3.05) is 39.3 Å². The molecule has 2 rings (SSSR count). The van der Waals surface area contributed by atoms with Gasteiger partial charge in [-0.05, 0) is 0 Å². The van der Waals surface area contributed by atoms with Crippen LogP contribution in [-0.2, 0) is 4.79 Å². The number of hydrogen-bond acceptors (Lipinski definition) is 3. The molecule has 2 heterocycles. The Morgan fingerprint density at radius 2 is 2.07 bits per heavy atom. The molecule has 2 fully saturated rings. The van der Waals surface area contributed by atoms with Crippen molar-refractivity contribution in [3.63, 3.8) is 0 Å². The molecule has 0 atom stereocenters. The number of carbonyl (C=O) groups excluding carboxylic acids is 1. The molecule has 4 heteroatoms. The van der Waals surface area contributed by atoms with E-state index in [0.29, 0.717) is 12.5 Å².